The largest absolute Gasteiger partial charge is 0.494 e. The predicted octanol–water partition coefficient (Wildman–Crippen LogP) is 3.52. The number of ether oxygens (including phenoxy) is 2. The highest BCUT2D eigenvalue weighted by molar-refractivity contribution is 9.10. The average molecular weight is 592 g/mol. The molecule has 204 valence electrons. The summed E-state index contributed by atoms with van der Waals surface area (Å²) in [5.74, 6) is -0.937. The number of carboxylic acid groups (broad SMARTS) is 1. The number of fused-ring (bicyclic) bond motifs is 1. The molecule has 0 radical (unpaired) electrons. The fraction of sp³-hybridized carbons (Fsp3) is 0.462. The van der Waals surface area contributed by atoms with Gasteiger partial charge >= 0.3 is 5.97 Å². The number of benzene rings is 2. The minimum atomic E-state index is -1.07. The molecule has 4 N–H and O–H groups in total. The molecular formula is C26H31BrFN5O5. The summed E-state index contributed by atoms with van der Waals surface area (Å²) in [6.45, 7) is 2.59. The maximum atomic E-state index is 14.1. The second-order valence-corrected chi connectivity index (χ2v) is 10.4. The standard InChI is InChI=1S/C26H31BrFN5O5/c1-33(25-29-9-3-10-30-25)23-21(37-23)4-2-11-36-17-7-5-15(6-8-17)12-20(24(34)35)32-26-31-19-14-16(27)13-18(28)22(19)38-26/h5-8,13-14,20-21,23,25,29-30H,2-4,9-12H2,1H3,(H,31,32)(H,34,35). The van der Waals surface area contributed by atoms with E-state index in [0.29, 0.717) is 16.6 Å². The van der Waals surface area contributed by atoms with Gasteiger partial charge in [0.2, 0.25) is 0 Å². The van der Waals surface area contributed by atoms with E-state index < -0.39 is 17.8 Å². The Hall–Kier alpha value is -2.77. The minimum Gasteiger partial charge on any atom is -0.494 e. The number of rotatable bonds is 12. The zero-order valence-electron chi connectivity index (χ0n) is 21.0. The highest BCUT2D eigenvalue weighted by Gasteiger charge is 2.43. The maximum absolute atomic E-state index is 14.1. The monoisotopic (exact) mass is 591 g/mol. The van der Waals surface area contributed by atoms with Gasteiger partial charge in [-0.3, -0.25) is 15.5 Å². The number of hydrogen-bond acceptors (Lipinski definition) is 9. The van der Waals surface area contributed by atoms with Crippen molar-refractivity contribution in [2.75, 3.05) is 32.1 Å². The van der Waals surface area contributed by atoms with Gasteiger partial charge in [-0.1, -0.05) is 28.1 Å². The van der Waals surface area contributed by atoms with E-state index in [9.17, 15) is 14.3 Å². The molecule has 2 aliphatic heterocycles. The van der Waals surface area contributed by atoms with Crippen molar-refractivity contribution in [2.24, 2.45) is 0 Å². The third-order valence-electron chi connectivity index (χ3n) is 6.66. The summed E-state index contributed by atoms with van der Waals surface area (Å²) in [5, 5.41) is 19.3. The number of hydrogen-bond donors (Lipinski definition) is 4. The number of likely N-dealkylation sites (N-methyl/N-ethyl adjacent to an activating group) is 1. The van der Waals surface area contributed by atoms with Crippen LogP contribution in [0.4, 0.5) is 10.4 Å². The molecule has 10 nitrogen and oxygen atoms in total. The van der Waals surface area contributed by atoms with Gasteiger partial charge in [0, 0.05) is 10.9 Å². The van der Waals surface area contributed by atoms with E-state index >= 15 is 0 Å². The molecule has 12 heteroatoms. The Morgan fingerprint density at radius 3 is 2.82 bits per heavy atom. The number of carbonyl (C=O) groups is 1. The number of halogens is 2. The number of nitrogens with one attached hydrogen (secondary N) is 3. The molecule has 3 heterocycles. The van der Waals surface area contributed by atoms with Crippen molar-refractivity contribution in [1.29, 1.82) is 0 Å². The zero-order valence-corrected chi connectivity index (χ0v) is 22.5. The van der Waals surface area contributed by atoms with Gasteiger partial charge in [-0.05, 0) is 69.2 Å². The molecule has 0 amide bonds. The van der Waals surface area contributed by atoms with Gasteiger partial charge in [0.05, 0.1) is 12.7 Å². The van der Waals surface area contributed by atoms with Crippen molar-refractivity contribution in [3.05, 3.63) is 52.3 Å². The van der Waals surface area contributed by atoms with Crippen LogP contribution in [0.5, 0.6) is 5.75 Å². The molecule has 0 bridgehead atoms. The number of aliphatic carboxylic acids is 1. The van der Waals surface area contributed by atoms with Crippen molar-refractivity contribution < 1.29 is 28.2 Å². The summed E-state index contributed by atoms with van der Waals surface area (Å²) in [4.78, 5) is 18.2. The van der Waals surface area contributed by atoms with Crippen molar-refractivity contribution in [1.82, 2.24) is 20.5 Å². The van der Waals surface area contributed by atoms with Crippen molar-refractivity contribution in [3.63, 3.8) is 0 Å². The molecular weight excluding hydrogens is 561 g/mol. The lowest BCUT2D eigenvalue weighted by Crippen LogP contribution is -2.58. The number of epoxide rings is 1. The normalized spacial score (nSPS) is 20.5. The quantitative estimate of drug-likeness (QED) is 0.184. The van der Waals surface area contributed by atoms with Crippen LogP contribution < -0.4 is 20.7 Å². The van der Waals surface area contributed by atoms with E-state index in [4.69, 9.17) is 13.9 Å². The molecule has 2 aliphatic rings. The second-order valence-electron chi connectivity index (χ2n) is 9.52. The minimum absolute atomic E-state index is 0.0321. The van der Waals surface area contributed by atoms with E-state index in [2.05, 4.69) is 48.8 Å². The van der Waals surface area contributed by atoms with Crippen LogP contribution >= 0.6 is 15.9 Å². The molecule has 0 spiro atoms. The van der Waals surface area contributed by atoms with Crippen LogP contribution in [0.25, 0.3) is 11.1 Å². The first-order valence-electron chi connectivity index (χ1n) is 12.7. The van der Waals surface area contributed by atoms with E-state index in [0.717, 1.165) is 43.7 Å². The lowest BCUT2D eigenvalue weighted by Gasteiger charge is -2.32. The molecule has 1 aromatic heterocycles. The van der Waals surface area contributed by atoms with Crippen LogP contribution in [0.1, 0.15) is 24.8 Å². The lowest BCUT2D eigenvalue weighted by molar-refractivity contribution is -0.137. The fourth-order valence-corrected chi connectivity index (χ4v) is 5.00. The molecule has 2 saturated heterocycles. The molecule has 0 saturated carbocycles. The van der Waals surface area contributed by atoms with Gasteiger partial charge in [0.25, 0.3) is 6.01 Å². The van der Waals surface area contributed by atoms with Crippen LogP contribution in [0, 0.1) is 5.82 Å². The Morgan fingerprint density at radius 1 is 1.32 bits per heavy atom. The number of nitrogens with zero attached hydrogens (tertiary/aromatic N) is 2. The molecule has 3 atom stereocenters. The molecule has 2 aromatic carbocycles. The van der Waals surface area contributed by atoms with Crippen LogP contribution in [-0.2, 0) is 16.0 Å². The topological polar surface area (TPSA) is 124 Å². The molecule has 3 aromatic rings. The van der Waals surface area contributed by atoms with E-state index in [1.807, 2.05) is 24.3 Å². The smallest absolute Gasteiger partial charge is 0.326 e. The molecule has 38 heavy (non-hydrogen) atoms. The summed E-state index contributed by atoms with van der Waals surface area (Å²) in [7, 11) is 2.06. The number of anilines is 1. The predicted molar refractivity (Wildman–Crippen MR) is 142 cm³/mol. The number of oxazole rings is 1. The highest BCUT2D eigenvalue weighted by Crippen LogP contribution is 2.30. The Morgan fingerprint density at radius 2 is 2.08 bits per heavy atom. The summed E-state index contributed by atoms with van der Waals surface area (Å²) in [6.07, 6.45) is 3.61. The fourth-order valence-electron chi connectivity index (χ4n) is 4.58. The third-order valence-corrected chi connectivity index (χ3v) is 7.12. The average Bonchev–Trinajstić information content (AvgIpc) is 3.57. The van der Waals surface area contributed by atoms with Crippen molar-refractivity contribution in [2.45, 2.75) is 50.3 Å². The summed E-state index contributed by atoms with van der Waals surface area (Å²) in [6, 6.07) is 9.11. The Kier molecular flexibility index (Phi) is 8.44. The van der Waals surface area contributed by atoms with E-state index in [1.165, 1.54) is 6.07 Å². The first-order valence-corrected chi connectivity index (χ1v) is 13.5. The SMILES string of the molecule is CN(C1NCCCN1)C1OC1CCCOc1ccc(CC(Nc2nc3cc(Br)cc(F)c3o2)C(=O)O)cc1. The van der Waals surface area contributed by atoms with Crippen molar-refractivity contribution in [3.8, 4) is 5.75 Å². The van der Waals surface area contributed by atoms with E-state index in [-0.39, 0.29) is 36.6 Å². The zero-order chi connectivity index (χ0) is 26.6. The summed E-state index contributed by atoms with van der Waals surface area (Å²) in [5.41, 5.74) is 1.05. The van der Waals surface area contributed by atoms with Gasteiger partial charge in [-0.2, -0.15) is 4.98 Å². The molecule has 0 aliphatic carbocycles. The van der Waals surface area contributed by atoms with Gasteiger partial charge in [-0.15, -0.1) is 0 Å². The Labute approximate surface area is 228 Å². The van der Waals surface area contributed by atoms with Gasteiger partial charge < -0.3 is 24.3 Å². The lowest BCUT2D eigenvalue weighted by atomic mass is 10.1. The van der Waals surface area contributed by atoms with Crippen LogP contribution in [0.15, 0.2) is 45.3 Å². The molecule has 3 unspecified atom stereocenters. The van der Waals surface area contributed by atoms with Crippen molar-refractivity contribution >= 4 is 39.0 Å². The highest BCUT2D eigenvalue weighted by atomic mass is 79.9. The number of aromatic nitrogens is 1. The van der Waals surface area contributed by atoms with Gasteiger partial charge in [-0.25, -0.2) is 9.18 Å². The van der Waals surface area contributed by atoms with Crippen LogP contribution in [-0.4, -0.2) is 72.4 Å². The van der Waals surface area contributed by atoms with E-state index in [1.54, 1.807) is 6.07 Å². The second kappa shape index (κ2) is 12.0. The van der Waals surface area contributed by atoms with Gasteiger partial charge in [0.15, 0.2) is 11.4 Å². The summed E-state index contributed by atoms with van der Waals surface area (Å²) < 4.78 is 31.7. The Bertz CT molecular complexity index is 1250. The summed E-state index contributed by atoms with van der Waals surface area (Å²) >= 11 is 3.21. The first kappa shape index (κ1) is 26.8. The maximum Gasteiger partial charge on any atom is 0.326 e. The van der Waals surface area contributed by atoms with Gasteiger partial charge in [0.1, 0.15) is 29.8 Å². The van der Waals surface area contributed by atoms with Crippen LogP contribution in [0.2, 0.25) is 0 Å². The number of carboxylic acids is 1. The first-order chi connectivity index (χ1) is 18.4. The molecule has 2 fully saturated rings. The molecule has 5 rings (SSSR count). The third kappa shape index (κ3) is 6.62. The van der Waals surface area contributed by atoms with Crippen LogP contribution in [0.3, 0.4) is 0 Å². The Balaban J connectivity index is 1.07.